The number of benzene rings is 3. The zero-order chi connectivity index (χ0) is 21.9. The number of hydrogen-bond donors (Lipinski definition) is 1. The molecule has 0 spiro atoms. The zero-order valence-electron chi connectivity index (χ0n) is 16.4. The van der Waals surface area contributed by atoms with Crippen molar-refractivity contribution in [3.63, 3.8) is 0 Å². The Bertz CT molecular complexity index is 1260. The molecule has 0 atom stereocenters. The highest BCUT2D eigenvalue weighted by molar-refractivity contribution is 6.30. The lowest BCUT2D eigenvalue weighted by Crippen LogP contribution is -2.31. The SMILES string of the molecule is FC1(F)Oc2ccc(N3CC(c4ccc5c(c4)OCO5)=C(c4ccc(Cl)cc4)N3)cc2O1. The Balaban J connectivity index is 1.38. The van der Waals surface area contributed by atoms with Crippen molar-refractivity contribution in [2.75, 3.05) is 18.3 Å². The fraction of sp³-hybridized carbons (Fsp3) is 0.130. The lowest BCUT2D eigenvalue weighted by molar-refractivity contribution is -0.286. The molecule has 6 nitrogen and oxygen atoms in total. The molecule has 162 valence electrons. The van der Waals surface area contributed by atoms with Crippen LogP contribution in [0.4, 0.5) is 14.5 Å². The number of hydrazine groups is 1. The number of ether oxygens (including phenoxy) is 4. The van der Waals surface area contributed by atoms with Gasteiger partial charge in [-0.1, -0.05) is 29.8 Å². The molecule has 32 heavy (non-hydrogen) atoms. The van der Waals surface area contributed by atoms with E-state index in [0.29, 0.717) is 28.8 Å². The molecule has 9 heteroatoms. The molecule has 0 saturated heterocycles. The largest absolute Gasteiger partial charge is 0.586 e. The summed E-state index contributed by atoms with van der Waals surface area (Å²) < 4.78 is 47.0. The minimum Gasteiger partial charge on any atom is -0.454 e. The van der Waals surface area contributed by atoms with Gasteiger partial charge in [-0.25, -0.2) is 0 Å². The third-order valence-corrected chi connectivity index (χ3v) is 5.67. The molecule has 1 N–H and O–H groups in total. The highest BCUT2D eigenvalue weighted by atomic mass is 35.5. The number of hydrogen-bond acceptors (Lipinski definition) is 6. The lowest BCUT2D eigenvalue weighted by Gasteiger charge is -2.20. The van der Waals surface area contributed by atoms with Crippen LogP contribution in [0.15, 0.2) is 60.7 Å². The molecule has 0 radical (unpaired) electrons. The summed E-state index contributed by atoms with van der Waals surface area (Å²) >= 11 is 6.07. The van der Waals surface area contributed by atoms with E-state index in [9.17, 15) is 8.78 Å². The van der Waals surface area contributed by atoms with Crippen LogP contribution in [0, 0.1) is 0 Å². The molecule has 0 saturated carbocycles. The van der Waals surface area contributed by atoms with E-state index in [1.165, 1.54) is 12.1 Å². The molecule has 3 aromatic carbocycles. The summed E-state index contributed by atoms with van der Waals surface area (Å²) in [4.78, 5) is 0. The Labute approximate surface area is 186 Å². The molecule has 3 heterocycles. The van der Waals surface area contributed by atoms with Crippen LogP contribution in [0.25, 0.3) is 11.3 Å². The van der Waals surface area contributed by atoms with Gasteiger partial charge >= 0.3 is 6.29 Å². The normalized spacial score (nSPS) is 17.7. The number of fused-ring (bicyclic) bond motifs is 2. The molecule has 3 aliphatic rings. The number of anilines is 1. The van der Waals surface area contributed by atoms with Crippen LogP contribution in [-0.2, 0) is 0 Å². The maximum atomic E-state index is 13.4. The van der Waals surface area contributed by atoms with Gasteiger partial charge in [-0.05, 0) is 47.5 Å². The van der Waals surface area contributed by atoms with Gasteiger partial charge in [0.25, 0.3) is 0 Å². The average molecular weight is 457 g/mol. The van der Waals surface area contributed by atoms with Gasteiger partial charge in [0.1, 0.15) is 0 Å². The lowest BCUT2D eigenvalue weighted by atomic mass is 10.00. The van der Waals surface area contributed by atoms with Crippen molar-refractivity contribution in [1.82, 2.24) is 5.43 Å². The summed E-state index contributed by atoms with van der Waals surface area (Å²) in [7, 11) is 0. The predicted octanol–water partition coefficient (Wildman–Crippen LogP) is 5.28. The summed E-state index contributed by atoms with van der Waals surface area (Å²) in [5, 5.41) is 2.48. The van der Waals surface area contributed by atoms with Gasteiger partial charge < -0.3 is 18.9 Å². The minimum atomic E-state index is -3.66. The highest BCUT2D eigenvalue weighted by Gasteiger charge is 2.43. The molecule has 6 rings (SSSR count). The van der Waals surface area contributed by atoms with Crippen LogP contribution < -0.4 is 29.4 Å². The van der Waals surface area contributed by atoms with E-state index in [2.05, 4.69) is 14.9 Å². The number of nitrogens with zero attached hydrogens (tertiary/aromatic N) is 1. The molecular weight excluding hydrogens is 442 g/mol. The van der Waals surface area contributed by atoms with Gasteiger partial charge in [-0.2, -0.15) is 0 Å². The second kappa shape index (κ2) is 6.93. The van der Waals surface area contributed by atoms with E-state index >= 15 is 0 Å². The number of halogens is 3. The van der Waals surface area contributed by atoms with Gasteiger partial charge in [-0.15, -0.1) is 8.78 Å². The summed E-state index contributed by atoms with van der Waals surface area (Å²) in [6.07, 6.45) is -3.66. The van der Waals surface area contributed by atoms with E-state index < -0.39 is 6.29 Å². The number of alkyl halides is 2. The Morgan fingerprint density at radius 3 is 2.38 bits per heavy atom. The maximum absolute atomic E-state index is 13.4. The molecule has 3 aliphatic heterocycles. The summed E-state index contributed by atoms with van der Waals surface area (Å²) in [5.41, 5.74) is 7.76. The van der Waals surface area contributed by atoms with Crippen LogP contribution in [0.2, 0.25) is 5.02 Å². The van der Waals surface area contributed by atoms with Gasteiger partial charge in [0.15, 0.2) is 23.0 Å². The third-order valence-electron chi connectivity index (χ3n) is 5.42. The molecular formula is C23H15ClF2N2O4. The van der Waals surface area contributed by atoms with Crippen LogP contribution in [0.3, 0.4) is 0 Å². The molecule has 0 aromatic heterocycles. The minimum absolute atomic E-state index is 0.000162. The number of rotatable bonds is 3. The standard InChI is InChI=1S/C23H15ClF2N2O4/c24-15-4-1-13(2-5-15)22-17(14-3-7-18-20(9-14)30-12-29-18)11-28(27-22)16-6-8-19-21(10-16)32-23(25,26)31-19/h1-10,27H,11-12H2. The van der Waals surface area contributed by atoms with Crippen molar-refractivity contribution in [3.05, 3.63) is 76.8 Å². The second-order valence-corrected chi connectivity index (χ2v) is 7.86. The summed E-state index contributed by atoms with van der Waals surface area (Å²) in [6.45, 7) is 0.654. The Hall–Kier alpha value is -3.65. The van der Waals surface area contributed by atoms with Crippen molar-refractivity contribution in [1.29, 1.82) is 0 Å². The Kier molecular flexibility index (Phi) is 4.13. The number of nitrogens with one attached hydrogen (secondary N) is 1. The summed E-state index contributed by atoms with van der Waals surface area (Å²) in [6, 6.07) is 17.9. The second-order valence-electron chi connectivity index (χ2n) is 7.42. The molecule has 0 unspecified atom stereocenters. The average Bonchev–Trinajstić information content (AvgIpc) is 3.48. The van der Waals surface area contributed by atoms with Gasteiger partial charge in [0.05, 0.1) is 17.9 Å². The van der Waals surface area contributed by atoms with Crippen molar-refractivity contribution >= 4 is 28.6 Å². The third kappa shape index (κ3) is 3.23. The summed E-state index contributed by atoms with van der Waals surface area (Å²) in [5.74, 6) is 1.36. The first-order valence-electron chi connectivity index (χ1n) is 9.78. The zero-order valence-corrected chi connectivity index (χ0v) is 17.2. The Morgan fingerprint density at radius 1 is 0.812 bits per heavy atom. The van der Waals surface area contributed by atoms with Gasteiger partial charge in [-0.3, -0.25) is 10.4 Å². The molecule has 0 aliphatic carbocycles. The molecule has 3 aromatic rings. The Morgan fingerprint density at radius 2 is 1.53 bits per heavy atom. The van der Waals surface area contributed by atoms with Gasteiger partial charge in [0, 0.05) is 16.7 Å². The van der Waals surface area contributed by atoms with Gasteiger partial charge in [0.2, 0.25) is 6.79 Å². The van der Waals surface area contributed by atoms with E-state index in [4.69, 9.17) is 21.1 Å². The highest BCUT2D eigenvalue weighted by Crippen LogP contribution is 2.44. The maximum Gasteiger partial charge on any atom is 0.586 e. The van der Waals surface area contributed by atoms with Crippen LogP contribution in [0.1, 0.15) is 11.1 Å². The molecule has 0 fully saturated rings. The van der Waals surface area contributed by atoms with Crippen LogP contribution >= 0.6 is 11.6 Å². The van der Waals surface area contributed by atoms with E-state index in [0.717, 1.165) is 22.4 Å². The first kappa shape index (κ1) is 19.1. The van der Waals surface area contributed by atoms with E-state index in [1.54, 1.807) is 6.07 Å². The van der Waals surface area contributed by atoms with Crippen molar-refractivity contribution in [2.24, 2.45) is 0 Å². The van der Waals surface area contributed by atoms with Crippen molar-refractivity contribution in [2.45, 2.75) is 6.29 Å². The van der Waals surface area contributed by atoms with Crippen molar-refractivity contribution < 1.29 is 27.7 Å². The van der Waals surface area contributed by atoms with E-state index in [-0.39, 0.29) is 18.3 Å². The first-order valence-corrected chi connectivity index (χ1v) is 10.2. The quantitative estimate of drug-likeness (QED) is 0.578. The smallest absolute Gasteiger partial charge is 0.454 e. The first-order chi connectivity index (χ1) is 15.4. The van der Waals surface area contributed by atoms with E-state index in [1.807, 2.05) is 47.5 Å². The van der Waals surface area contributed by atoms with Crippen molar-refractivity contribution in [3.8, 4) is 23.0 Å². The molecule has 0 bridgehead atoms. The predicted molar refractivity (Wildman–Crippen MR) is 114 cm³/mol. The molecule has 0 amide bonds. The van der Waals surface area contributed by atoms with Crippen LogP contribution in [0.5, 0.6) is 23.0 Å². The topological polar surface area (TPSA) is 52.2 Å². The monoisotopic (exact) mass is 456 g/mol. The fourth-order valence-electron chi connectivity index (χ4n) is 3.92. The van der Waals surface area contributed by atoms with Crippen LogP contribution in [-0.4, -0.2) is 19.6 Å². The fourth-order valence-corrected chi connectivity index (χ4v) is 4.04.